The van der Waals surface area contributed by atoms with E-state index in [9.17, 15) is 0 Å². The molecule has 20 heavy (non-hydrogen) atoms. The summed E-state index contributed by atoms with van der Waals surface area (Å²) in [5.74, 6) is 0. The molecule has 1 aromatic heterocycles. The summed E-state index contributed by atoms with van der Waals surface area (Å²) in [5.41, 5.74) is -0.479. The van der Waals surface area contributed by atoms with E-state index in [1.165, 1.54) is 4.70 Å². The Morgan fingerprint density at radius 1 is 1.30 bits per heavy atom. The van der Waals surface area contributed by atoms with Gasteiger partial charge in [-0.25, -0.2) is 4.39 Å². The zero-order valence-corrected chi connectivity index (χ0v) is 13.4. The molecule has 1 nitrogen and oxygen atoms in total. The maximum absolute atomic E-state index is 15.7. The van der Waals surface area contributed by atoms with Crippen LogP contribution in [0.1, 0.15) is 45.6 Å². The third kappa shape index (κ3) is 3.04. The first-order valence-electron chi connectivity index (χ1n) is 7.51. The number of likely N-dealkylation sites (N-methyl/N-ethyl adjacent to an activating group) is 1. The number of hydrogen-bond donors (Lipinski definition) is 1. The van der Waals surface area contributed by atoms with Crippen molar-refractivity contribution in [3.8, 4) is 0 Å². The molecular weight excluding hydrogens is 269 g/mol. The lowest BCUT2D eigenvalue weighted by molar-refractivity contribution is 0.0978. The van der Waals surface area contributed by atoms with Crippen LogP contribution in [0.4, 0.5) is 4.39 Å². The lowest BCUT2D eigenvalue weighted by atomic mass is 9.84. The Hall–Kier alpha value is -0.930. The van der Waals surface area contributed by atoms with Crippen molar-refractivity contribution < 1.29 is 4.39 Å². The third-order valence-corrected chi connectivity index (χ3v) is 4.92. The number of benzene rings is 1. The van der Waals surface area contributed by atoms with Crippen molar-refractivity contribution in [3.05, 3.63) is 35.2 Å². The molecule has 0 aliphatic carbocycles. The highest BCUT2D eigenvalue weighted by molar-refractivity contribution is 7.17. The second-order valence-electron chi connectivity index (χ2n) is 5.42. The number of hydrogen-bond acceptors (Lipinski definition) is 2. The summed E-state index contributed by atoms with van der Waals surface area (Å²) >= 11 is 1.71. The van der Waals surface area contributed by atoms with Crippen LogP contribution in [0.25, 0.3) is 10.1 Å². The molecule has 0 radical (unpaired) electrons. The highest BCUT2D eigenvalue weighted by Crippen LogP contribution is 2.37. The molecule has 0 aliphatic heterocycles. The molecule has 0 aliphatic rings. The average Bonchev–Trinajstić information content (AvgIpc) is 2.92. The maximum Gasteiger partial charge on any atom is 0.150 e. The zero-order valence-electron chi connectivity index (χ0n) is 12.6. The third-order valence-electron chi connectivity index (χ3n) is 4.02. The second kappa shape index (κ2) is 6.68. The first-order chi connectivity index (χ1) is 9.61. The van der Waals surface area contributed by atoms with Gasteiger partial charge in [0.1, 0.15) is 0 Å². The van der Waals surface area contributed by atoms with Crippen molar-refractivity contribution in [2.75, 3.05) is 6.54 Å². The summed E-state index contributed by atoms with van der Waals surface area (Å²) in [6.45, 7) is 6.88. The van der Waals surface area contributed by atoms with Crippen molar-refractivity contribution in [2.24, 2.45) is 0 Å². The SMILES string of the molecule is CCCCC(F)(c1ccc2sccc2c1)C(C)NCC. The molecule has 0 saturated heterocycles. The number of fused-ring (bicyclic) bond motifs is 1. The zero-order chi connectivity index (χ0) is 14.6. The van der Waals surface area contributed by atoms with E-state index in [4.69, 9.17) is 0 Å². The summed E-state index contributed by atoms with van der Waals surface area (Å²) in [6, 6.07) is 7.93. The molecular formula is C17H24FNS. The molecule has 2 atom stereocenters. The van der Waals surface area contributed by atoms with Gasteiger partial charge in [0.15, 0.2) is 5.67 Å². The summed E-state index contributed by atoms with van der Waals surface area (Å²) < 4.78 is 16.9. The number of unbranched alkanes of at least 4 members (excludes halogenated alkanes) is 1. The minimum atomic E-state index is -1.29. The molecule has 1 N–H and O–H groups in total. The van der Waals surface area contributed by atoms with E-state index in [1.54, 1.807) is 11.3 Å². The van der Waals surface area contributed by atoms with Crippen LogP contribution < -0.4 is 5.32 Å². The van der Waals surface area contributed by atoms with Gasteiger partial charge in [0.05, 0.1) is 0 Å². The van der Waals surface area contributed by atoms with E-state index in [0.717, 1.165) is 30.3 Å². The molecule has 0 saturated carbocycles. The van der Waals surface area contributed by atoms with Crippen molar-refractivity contribution in [1.82, 2.24) is 5.32 Å². The quantitative estimate of drug-likeness (QED) is 0.734. The van der Waals surface area contributed by atoms with Crippen LogP contribution in [0.15, 0.2) is 29.6 Å². The predicted octanol–water partition coefficient (Wildman–Crippen LogP) is 5.25. The van der Waals surface area contributed by atoms with Crippen molar-refractivity contribution in [1.29, 1.82) is 0 Å². The first-order valence-corrected chi connectivity index (χ1v) is 8.39. The van der Waals surface area contributed by atoms with Crippen LogP contribution in [-0.2, 0) is 5.67 Å². The Morgan fingerprint density at radius 3 is 2.80 bits per heavy atom. The van der Waals surface area contributed by atoms with E-state index < -0.39 is 5.67 Å². The molecule has 1 heterocycles. The Kier molecular flexibility index (Phi) is 5.17. The van der Waals surface area contributed by atoms with Crippen LogP contribution in [0.5, 0.6) is 0 Å². The van der Waals surface area contributed by atoms with Crippen molar-refractivity contribution in [2.45, 2.75) is 51.7 Å². The summed E-state index contributed by atoms with van der Waals surface area (Å²) in [4.78, 5) is 0. The van der Waals surface area contributed by atoms with Gasteiger partial charge in [0.2, 0.25) is 0 Å². The molecule has 2 unspecified atom stereocenters. The number of rotatable bonds is 7. The summed E-state index contributed by atoms with van der Waals surface area (Å²) in [5, 5.41) is 6.47. The standard InChI is InChI=1S/C17H24FNS/c1-4-6-10-17(18,13(3)19-5-2)15-7-8-16-14(12-15)9-11-20-16/h7-9,11-13,19H,4-6,10H2,1-3H3. The number of alkyl halides is 1. The lowest BCUT2D eigenvalue weighted by Crippen LogP contribution is -2.43. The molecule has 0 bridgehead atoms. The average molecular weight is 293 g/mol. The van der Waals surface area contributed by atoms with Crippen LogP contribution in [0, 0.1) is 0 Å². The summed E-state index contributed by atoms with van der Waals surface area (Å²) in [6.07, 6.45) is 2.51. The fraction of sp³-hybridized carbons (Fsp3) is 0.529. The van der Waals surface area contributed by atoms with Gasteiger partial charge in [0.25, 0.3) is 0 Å². The maximum atomic E-state index is 15.7. The van der Waals surface area contributed by atoms with Crippen LogP contribution >= 0.6 is 11.3 Å². The number of thiophene rings is 1. The molecule has 110 valence electrons. The topological polar surface area (TPSA) is 12.0 Å². The van der Waals surface area contributed by atoms with Crippen molar-refractivity contribution >= 4 is 21.4 Å². The molecule has 0 spiro atoms. The number of nitrogens with one attached hydrogen (secondary N) is 1. The van der Waals surface area contributed by atoms with E-state index >= 15 is 4.39 Å². The van der Waals surface area contributed by atoms with Gasteiger partial charge in [-0.05, 0) is 54.4 Å². The van der Waals surface area contributed by atoms with E-state index in [1.807, 2.05) is 32.0 Å². The van der Waals surface area contributed by atoms with E-state index in [2.05, 4.69) is 23.7 Å². The Balaban J connectivity index is 2.37. The lowest BCUT2D eigenvalue weighted by Gasteiger charge is -2.33. The summed E-state index contributed by atoms with van der Waals surface area (Å²) in [7, 11) is 0. The Bertz CT molecular complexity index is 551. The predicted molar refractivity (Wildman–Crippen MR) is 87.3 cm³/mol. The monoisotopic (exact) mass is 293 g/mol. The van der Waals surface area contributed by atoms with Gasteiger partial charge in [-0.15, -0.1) is 11.3 Å². The second-order valence-corrected chi connectivity index (χ2v) is 6.37. The molecule has 3 heteroatoms. The smallest absolute Gasteiger partial charge is 0.150 e. The molecule has 2 aromatic rings. The minimum absolute atomic E-state index is 0.171. The Morgan fingerprint density at radius 2 is 2.10 bits per heavy atom. The van der Waals surface area contributed by atoms with Crippen LogP contribution in [-0.4, -0.2) is 12.6 Å². The van der Waals surface area contributed by atoms with Crippen molar-refractivity contribution in [3.63, 3.8) is 0 Å². The number of halogens is 1. The highest BCUT2D eigenvalue weighted by atomic mass is 32.1. The molecule has 1 aromatic carbocycles. The Labute approximate surface area is 125 Å². The fourth-order valence-electron chi connectivity index (χ4n) is 2.74. The largest absolute Gasteiger partial charge is 0.311 e. The van der Waals surface area contributed by atoms with Gasteiger partial charge in [-0.2, -0.15) is 0 Å². The van der Waals surface area contributed by atoms with Gasteiger partial charge in [-0.3, -0.25) is 0 Å². The van der Waals surface area contributed by atoms with Gasteiger partial charge >= 0.3 is 0 Å². The van der Waals surface area contributed by atoms with Gasteiger partial charge in [0, 0.05) is 10.7 Å². The van der Waals surface area contributed by atoms with E-state index in [0.29, 0.717) is 6.42 Å². The normalized spacial score (nSPS) is 16.2. The first kappa shape index (κ1) is 15.5. The highest BCUT2D eigenvalue weighted by Gasteiger charge is 2.37. The van der Waals surface area contributed by atoms with Gasteiger partial charge in [-0.1, -0.05) is 32.8 Å². The molecule has 2 rings (SSSR count). The molecule has 0 amide bonds. The van der Waals surface area contributed by atoms with Gasteiger partial charge < -0.3 is 5.32 Å². The van der Waals surface area contributed by atoms with E-state index in [-0.39, 0.29) is 6.04 Å². The molecule has 0 fully saturated rings. The minimum Gasteiger partial charge on any atom is -0.311 e. The fourth-order valence-corrected chi connectivity index (χ4v) is 3.51. The van der Waals surface area contributed by atoms with Crippen LogP contribution in [0.2, 0.25) is 0 Å². The van der Waals surface area contributed by atoms with Crippen LogP contribution in [0.3, 0.4) is 0 Å².